The van der Waals surface area contributed by atoms with Gasteiger partial charge in [0.1, 0.15) is 24.1 Å². The molecule has 0 amide bonds. The first-order chi connectivity index (χ1) is 12.2. The maximum atomic E-state index is 12.2. The van der Waals surface area contributed by atoms with Gasteiger partial charge in [-0.2, -0.15) is 0 Å². The third-order valence-corrected chi connectivity index (χ3v) is 4.77. The maximum Gasteiger partial charge on any atom is 0.334 e. The fourth-order valence-corrected chi connectivity index (χ4v) is 3.61. The number of hydrogen-bond acceptors (Lipinski definition) is 5. The van der Waals surface area contributed by atoms with Gasteiger partial charge in [0, 0.05) is 24.5 Å². The highest BCUT2D eigenvalue weighted by Gasteiger charge is 2.44. The normalized spacial score (nSPS) is 32.5. The molecule has 5 nitrogen and oxygen atoms in total. The molecule has 1 unspecified atom stereocenters. The standard InChI is InChI=1S/C21H24O5/c1-11(2)6-19(22)26-17-8-12(3)7-16-9-15(21(23)25-16)10-18-20(17)13(4)14(5)24-18/h6,8-9,16-18,20H,4-5,7,10H2,1-3H3/b12-8+/t16-,17-,18?,20+/m1/s1. The number of ether oxygens (including phenoxy) is 3. The number of carbonyl (C=O) groups is 2. The lowest BCUT2D eigenvalue weighted by Gasteiger charge is -2.26. The highest BCUT2D eigenvalue weighted by Crippen LogP contribution is 2.41. The minimum Gasteiger partial charge on any atom is -0.490 e. The Morgan fingerprint density at radius 1 is 1.23 bits per heavy atom. The monoisotopic (exact) mass is 356 g/mol. The van der Waals surface area contributed by atoms with Crippen LogP contribution in [0.5, 0.6) is 0 Å². The van der Waals surface area contributed by atoms with E-state index in [1.165, 1.54) is 6.08 Å². The maximum absolute atomic E-state index is 12.2. The first-order valence-electron chi connectivity index (χ1n) is 8.74. The highest BCUT2D eigenvalue weighted by molar-refractivity contribution is 5.91. The number of rotatable bonds is 2. The van der Waals surface area contributed by atoms with Gasteiger partial charge in [0.05, 0.1) is 5.92 Å². The predicted octanol–water partition coefficient (Wildman–Crippen LogP) is 3.54. The van der Waals surface area contributed by atoms with Crippen molar-refractivity contribution in [2.45, 2.75) is 51.9 Å². The van der Waals surface area contributed by atoms with E-state index < -0.39 is 12.1 Å². The molecule has 0 aromatic heterocycles. The van der Waals surface area contributed by atoms with Gasteiger partial charge in [0.25, 0.3) is 0 Å². The van der Waals surface area contributed by atoms with E-state index in [4.69, 9.17) is 14.2 Å². The summed E-state index contributed by atoms with van der Waals surface area (Å²) in [5, 5.41) is 0. The molecule has 3 aliphatic rings. The van der Waals surface area contributed by atoms with Gasteiger partial charge in [-0.1, -0.05) is 24.3 Å². The Hall–Kier alpha value is -2.56. The highest BCUT2D eigenvalue weighted by atomic mass is 16.6. The van der Waals surface area contributed by atoms with Crippen LogP contribution in [0.3, 0.4) is 0 Å². The molecule has 2 bridgehead atoms. The summed E-state index contributed by atoms with van der Waals surface area (Å²) in [6.07, 6.45) is 4.98. The summed E-state index contributed by atoms with van der Waals surface area (Å²) in [4.78, 5) is 24.4. The van der Waals surface area contributed by atoms with Gasteiger partial charge < -0.3 is 14.2 Å². The van der Waals surface area contributed by atoms with Crippen molar-refractivity contribution in [2.24, 2.45) is 5.92 Å². The lowest BCUT2D eigenvalue weighted by molar-refractivity contribution is -0.144. The summed E-state index contributed by atoms with van der Waals surface area (Å²) < 4.78 is 17.0. The molecular weight excluding hydrogens is 332 g/mol. The summed E-state index contributed by atoms with van der Waals surface area (Å²) in [6.45, 7) is 13.6. The Kier molecular flexibility index (Phi) is 4.90. The zero-order valence-corrected chi connectivity index (χ0v) is 15.4. The molecule has 4 atom stereocenters. The molecule has 0 aromatic carbocycles. The molecule has 0 N–H and O–H groups in total. The second-order valence-corrected chi connectivity index (χ2v) is 7.31. The average Bonchev–Trinajstić information content (AvgIpc) is 2.97. The molecule has 5 heteroatoms. The van der Waals surface area contributed by atoms with Crippen molar-refractivity contribution >= 4 is 11.9 Å². The molecule has 0 saturated carbocycles. The van der Waals surface area contributed by atoms with Crippen LogP contribution >= 0.6 is 0 Å². The van der Waals surface area contributed by atoms with Crippen molar-refractivity contribution in [1.29, 1.82) is 0 Å². The van der Waals surface area contributed by atoms with Gasteiger partial charge in [0.15, 0.2) is 0 Å². The van der Waals surface area contributed by atoms with Gasteiger partial charge in [0.2, 0.25) is 0 Å². The molecule has 0 radical (unpaired) electrons. The fraction of sp³-hybridized carbons (Fsp3) is 0.429. The largest absolute Gasteiger partial charge is 0.490 e. The summed E-state index contributed by atoms with van der Waals surface area (Å²) in [5.74, 6) is -0.544. The fourth-order valence-electron chi connectivity index (χ4n) is 3.61. The van der Waals surface area contributed by atoms with Crippen molar-refractivity contribution in [3.05, 3.63) is 59.4 Å². The SMILES string of the molecule is C=C1OC2CC3=C[C@@H](C/C(C)=C/[C@@H](OC(=O)C=C(C)C)[C@@H]2C1=C)OC3=O. The topological polar surface area (TPSA) is 61.8 Å². The third-order valence-electron chi connectivity index (χ3n) is 4.77. The summed E-state index contributed by atoms with van der Waals surface area (Å²) in [7, 11) is 0. The number of esters is 2. The van der Waals surface area contributed by atoms with Crippen LogP contribution in [0.2, 0.25) is 0 Å². The van der Waals surface area contributed by atoms with Crippen LogP contribution in [0.15, 0.2) is 59.4 Å². The van der Waals surface area contributed by atoms with Gasteiger partial charge in [-0.3, -0.25) is 0 Å². The van der Waals surface area contributed by atoms with Crippen molar-refractivity contribution in [1.82, 2.24) is 0 Å². The van der Waals surface area contributed by atoms with Crippen LogP contribution in [-0.2, 0) is 23.8 Å². The quantitative estimate of drug-likeness (QED) is 0.430. The third kappa shape index (κ3) is 3.66. The molecule has 1 fully saturated rings. The van der Waals surface area contributed by atoms with Crippen LogP contribution in [0.25, 0.3) is 0 Å². The zero-order valence-electron chi connectivity index (χ0n) is 15.4. The lowest BCUT2D eigenvalue weighted by atomic mass is 9.85. The minimum absolute atomic E-state index is 0.285. The molecule has 1 saturated heterocycles. The Labute approximate surface area is 153 Å². The number of allylic oxidation sites excluding steroid dienone is 2. The second-order valence-electron chi connectivity index (χ2n) is 7.31. The first-order valence-corrected chi connectivity index (χ1v) is 8.74. The zero-order chi connectivity index (χ0) is 19.0. The average molecular weight is 356 g/mol. The molecular formula is C21H24O5. The van der Waals surface area contributed by atoms with E-state index in [0.717, 1.165) is 11.1 Å². The molecule has 2 heterocycles. The first kappa shape index (κ1) is 18.2. The molecule has 3 rings (SSSR count). The number of carbonyl (C=O) groups excluding carboxylic acids is 2. The molecule has 26 heavy (non-hydrogen) atoms. The van der Waals surface area contributed by atoms with Crippen molar-refractivity contribution in [3.63, 3.8) is 0 Å². The van der Waals surface area contributed by atoms with E-state index in [0.29, 0.717) is 29.7 Å². The molecule has 2 aliphatic heterocycles. The molecule has 0 spiro atoms. The van der Waals surface area contributed by atoms with Crippen molar-refractivity contribution < 1.29 is 23.8 Å². The lowest BCUT2D eigenvalue weighted by Crippen LogP contribution is -2.32. The number of hydrogen-bond donors (Lipinski definition) is 0. The Morgan fingerprint density at radius 3 is 2.65 bits per heavy atom. The van der Waals surface area contributed by atoms with Crippen LogP contribution in [0.4, 0.5) is 0 Å². The molecule has 1 aliphatic carbocycles. The molecule has 0 aromatic rings. The summed E-state index contributed by atoms with van der Waals surface area (Å²) in [5.41, 5.74) is 3.12. The smallest absolute Gasteiger partial charge is 0.334 e. The van der Waals surface area contributed by atoms with E-state index in [2.05, 4.69) is 13.2 Å². The summed E-state index contributed by atoms with van der Waals surface area (Å²) >= 11 is 0. The van der Waals surface area contributed by atoms with E-state index in [1.807, 2.05) is 32.9 Å². The van der Waals surface area contributed by atoms with E-state index in [1.54, 1.807) is 0 Å². The predicted molar refractivity (Wildman–Crippen MR) is 96.9 cm³/mol. The van der Waals surface area contributed by atoms with Crippen LogP contribution < -0.4 is 0 Å². The van der Waals surface area contributed by atoms with Crippen molar-refractivity contribution in [3.8, 4) is 0 Å². The number of fused-ring (bicyclic) bond motifs is 2. The Morgan fingerprint density at radius 2 is 1.96 bits per heavy atom. The van der Waals surface area contributed by atoms with Gasteiger partial charge in [-0.15, -0.1) is 0 Å². The minimum atomic E-state index is -0.539. The van der Waals surface area contributed by atoms with Gasteiger partial charge in [-0.25, -0.2) is 9.59 Å². The van der Waals surface area contributed by atoms with E-state index in [9.17, 15) is 9.59 Å². The Bertz CT molecular complexity index is 763. The summed E-state index contributed by atoms with van der Waals surface area (Å²) in [6, 6.07) is 0. The van der Waals surface area contributed by atoms with E-state index in [-0.39, 0.29) is 24.1 Å². The Balaban J connectivity index is 1.97. The van der Waals surface area contributed by atoms with Gasteiger partial charge >= 0.3 is 11.9 Å². The van der Waals surface area contributed by atoms with E-state index >= 15 is 0 Å². The second kappa shape index (κ2) is 6.98. The van der Waals surface area contributed by atoms with Gasteiger partial charge in [-0.05, 0) is 38.5 Å². The van der Waals surface area contributed by atoms with Crippen LogP contribution in [0, 0.1) is 5.92 Å². The van der Waals surface area contributed by atoms with Crippen LogP contribution in [0.1, 0.15) is 33.6 Å². The molecule has 138 valence electrons. The van der Waals surface area contributed by atoms with Crippen molar-refractivity contribution in [2.75, 3.05) is 0 Å². The van der Waals surface area contributed by atoms with Crippen LogP contribution in [-0.4, -0.2) is 30.3 Å².